The first kappa shape index (κ1) is 14.5. The Labute approximate surface area is 105 Å². The van der Waals surface area contributed by atoms with Crippen LogP contribution in [0.15, 0.2) is 0 Å². The second kappa shape index (κ2) is 6.36. The Morgan fingerprint density at radius 3 is 2.76 bits per heavy atom. The fourth-order valence-electron chi connectivity index (χ4n) is 2.11. The zero-order chi connectivity index (χ0) is 12.9. The molecule has 0 aromatic heterocycles. The van der Waals surface area contributed by atoms with Crippen LogP contribution in [0, 0.1) is 0 Å². The van der Waals surface area contributed by atoms with Crippen LogP contribution in [0.3, 0.4) is 0 Å². The van der Waals surface area contributed by atoms with E-state index in [-0.39, 0.29) is 11.5 Å². The first-order valence-corrected chi connectivity index (χ1v) is 6.50. The van der Waals surface area contributed by atoms with E-state index in [2.05, 4.69) is 31.0 Å². The molecule has 0 aromatic carbocycles. The summed E-state index contributed by atoms with van der Waals surface area (Å²) in [5, 5.41) is 2.97. The van der Waals surface area contributed by atoms with Gasteiger partial charge in [0.1, 0.15) is 0 Å². The van der Waals surface area contributed by atoms with Gasteiger partial charge >= 0.3 is 0 Å². The number of carbonyl (C=O) groups is 1. The highest BCUT2D eigenvalue weighted by Gasteiger charge is 2.22. The first-order chi connectivity index (χ1) is 7.87. The van der Waals surface area contributed by atoms with Gasteiger partial charge < -0.3 is 15.0 Å². The van der Waals surface area contributed by atoms with Crippen LogP contribution in [-0.2, 0) is 9.53 Å². The van der Waals surface area contributed by atoms with Crippen molar-refractivity contribution in [1.29, 1.82) is 0 Å². The van der Waals surface area contributed by atoms with Gasteiger partial charge in [-0.25, -0.2) is 0 Å². The van der Waals surface area contributed by atoms with E-state index < -0.39 is 0 Å². The average molecular weight is 242 g/mol. The molecule has 100 valence electrons. The van der Waals surface area contributed by atoms with Crippen LogP contribution in [-0.4, -0.2) is 48.7 Å². The van der Waals surface area contributed by atoms with Crippen molar-refractivity contribution in [2.75, 3.05) is 26.2 Å². The molecular formula is C13H26N2O2. The Hall–Kier alpha value is -0.610. The minimum atomic E-state index is -0.0380. The van der Waals surface area contributed by atoms with E-state index in [0.29, 0.717) is 6.04 Å². The maximum Gasteiger partial charge on any atom is 0.217 e. The molecule has 4 heteroatoms. The third-order valence-corrected chi connectivity index (χ3v) is 2.83. The van der Waals surface area contributed by atoms with Crippen molar-refractivity contribution < 1.29 is 9.53 Å². The van der Waals surface area contributed by atoms with Crippen molar-refractivity contribution in [3.8, 4) is 0 Å². The van der Waals surface area contributed by atoms with Gasteiger partial charge in [-0.05, 0) is 33.6 Å². The summed E-state index contributed by atoms with van der Waals surface area (Å²) < 4.78 is 5.68. The topological polar surface area (TPSA) is 41.6 Å². The predicted molar refractivity (Wildman–Crippen MR) is 69.0 cm³/mol. The Morgan fingerprint density at radius 2 is 2.18 bits per heavy atom. The summed E-state index contributed by atoms with van der Waals surface area (Å²) in [6.45, 7) is 11.8. The Bertz CT molecular complexity index is 248. The molecule has 0 aliphatic carbocycles. The van der Waals surface area contributed by atoms with Crippen LogP contribution in [0.1, 0.15) is 40.5 Å². The van der Waals surface area contributed by atoms with E-state index in [4.69, 9.17) is 4.74 Å². The summed E-state index contributed by atoms with van der Waals surface area (Å²) in [6, 6.07) is 0.344. The van der Waals surface area contributed by atoms with Crippen molar-refractivity contribution >= 4 is 5.91 Å². The van der Waals surface area contributed by atoms with Crippen LogP contribution >= 0.6 is 0 Å². The zero-order valence-corrected chi connectivity index (χ0v) is 11.6. The molecule has 1 heterocycles. The summed E-state index contributed by atoms with van der Waals surface area (Å²) >= 11 is 0. The standard InChI is InChI=1S/C13H26N2O2/c1-11(16)14-12-6-8-15(10-12)7-5-9-17-13(2,3)4/h12H,5-10H2,1-4H3,(H,14,16). The monoisotopic (exact) mass is 242 g/mol. The van der Waals surface area contributed by atoms with E-state index in [0.717, 1.165) is 39.1 Å². The Morgan fingerprint density at radius 1 is 1.47 bits per heavy atom. The molecule has 1 amide bonds. The minimum Gasteiger partial charge on any atom is -0.376 e. The molecule has 1 rings (SSSR count). The molecule has 0 radical (unpaired) electrons. The second-order valence-electron chi connectivity index (χ2n) is 5.80. The number of hydrogen-bond donors (Lipinski definition) is 1. The van der Waals surface area contributed by atoms with Gasteiger partial charge in [0.25, 0.3) is 0 Å². The van der Waals surface area contributed by atoms with Crippen LogP contribution < -0.4 is 5.32 Å². The van der Waals surface area contributed by atoms with Gasteiger partial charge in [-0.15, -0.1) is 0 Å². The first-order valence-electron chi connectivity index (χ1n) is 6.50. The van der Waals surface area contributed by atoms with Gasteiger partial charge in [0, 0.05) is 39.2 Å². The van der Waals surface area contributed by atoms with Crippen LogP contribution in [0.5, 0.6) is 0 Å². The van der Waals surface area contributed by atoms with Crippen LogP contribution in [0.4, 0.5) is 0 Å². The number of nitrogens with one attached hydrogen (secondary N) is 1. The SMILES string of the molecule is CC(=O)NC1CCN(CCCOC(C)(C)C)C1. The van der Waals surface area contributed by atoms with Gasteiger partial charge in [-0.3, -0.25) is 4.79 Å². The predicted octanol–water partition coefficient (Wildman–Crippen LogP) is 1.40. The third kappa shape index (κ3) is 6.64. The largest absolute Gasteiger partial charge is 0.376 e. The molecule has 1 aliphatic rings. The minimum absolute atomic E-state index is 0.0380. The van der Waals surface area contributed by atoms with Gasteiger partial charge in [-0.1, -0.05) is 0 Å². The molecule has 1 unspecified atom stereocenters. The molecule has 4 nitrogen and oxygen atoms in total. The fourth-order valence-corrected chi connectivity index (χ4v) is 2.11. The number of hydrogen-bond acceptors (Lipinski definition) is 3. The number of carbonyl (C=O) groups excluding carboxylic acids is 1. The molecule has 0 saturated carbocycles. The molecular weight excluding hydrogens is 216 g/mol. The third-order valence-electron chi connectivity index (χ3n) is 2.83. The second-order valence-corrected chi connectivity index (χ2v) is 5.80. The lowest BCUT2D eigenvalue weighted by Crippen LogP contribution is -2.35. The highest BCUT2D eigenvalue weighted by atomic mass is 16.5. The zero-order valence-electron chi connectivity index (χ0n) is 11.6. The lowest BCUT2D eigenvalue weighted by molar-refractivity contribution is -0.119. The summed E-state index contributed by atoms with van der Waals surface area (Å²) in [5.74, 6) is 0.0768. The Kier molecular flexibility index (Phi) is 5.40. The maximum absolute atomic E-state index is 10.9. The molecule has 1 saturated heterocycles. The van der Waals surface area contributed by atoms with E-state index >= 15 is 0 Å². The number of nitrogens with zero attached hydrogens (tertiary/aromatic N) is 1. The lowest BCUT2D eigenvalue weighted by Gasteiger charge is -2.21. The highest BCUT2D eigenvalue weighted by molar-refractivity contribution is 5.73. The van der Waals surface area contributed by atoms with Gasteiger partial charge in [0.05, 0.1) is 5.60 Å². The van der Waals surface area contributed by atoms with Gasteiger partial charge in [0.15, 0.2) is 0 Å². The summed E-state index contributed by atoms with van der Waals surface area (Å²) in [6.07, 6.45) is 2.13. The molecule has 1 fully saturated rings. The number of ether oxygens (including phenoxy) is 1. The van der Waals surface area contributed by atoms with Crippen molar-refractivity contribution in [3.63, 3.8) is 0 Å². The van der Waals surface area contributed by atoms with Crippen LogP contribution in [0.2, 0.25) is 0 Å². The molecule has 17 heavy (non-hydrogen) atoms. The summed E-state index contributed by atoms with van der Waals surface area (Å²) in [7, 11) is 0. The quantitative estimate of drug-likeness (QED) is 0.741. The van der Waals surface area contributed by atoms with E-state index in [9.17, 15) is 4.79 Å². The van der Waals surface area contributed by atoms with Crippen LogP contribution in [0.25, 0.3) is 0 Å². The maximum atomic E-state index is 10.9. The fraction of sp³-hybridized carbons (Fsp3) is 0.923. The van der Waals surface area contributed by atoms with E-state index in [1.165, 1.54) is 0 Å². The highest BCUT2D eigenvalue weighted by Crippen LogP contribution is 2.11. The normalized spacial score (nSPS) is 21.8. The van der Waals surface area contributed by atoms with Crippen molar-refractivity contribution in [1.82, 2.24) is 10.2 Å². The molecule has 0 spiro atoms. The van der Waals surface area contributed by atoms with Gasteiger partial charge in [-0.2, -0.15) is 0 Å². The van der Waals surface area contributed by atoms with Crippen molar-refractivity contribution in [2.45, 2.75) is 52.2 Å². The average Bonchev–Trinajstić information content (AvgIpc) is 2.58. The van der Waals surface area contributed by atoms with Crippen molar-refractivity contribution in [3.05, 3.63) is 0 Å². The number of rotatable bonds is 5. The van der Waals surface area contributed by atoms with Crippen molar-refractivity contribution in [2.24, 2.45) is 0 Å². The summed E-state index contributed by atoms with van der Waals surface area (Å²) in [5.41, 5.74) is -0.0380. The van der Waals surface area contributed by atoms with Gasteiger partial charge in [0.2, 0.25) is 5.91 Å². The van der Waals surface area contributed by atoms with E-state index in [1.54, 1.807) is 6.92 Å². The number of amides is 1. The number of likely N-dealkylation sites (tertiary alicyclic amines) is 1. The Balaban J connectivity index is 2.08. The molecule has 1 aliphatic heterocycles. The molecule has 1 N–H and O–H groups in total. The molecule has 0 bridgehead atoms. The van der Waals surface area contributed by atoms with E-state index in [1.807, 2.05) is 0 Å². The lowest BCUT2D eigenvalue weighted by atomic mass is 10.2. The molecule has 1 atom stereocenters. The molecule has 0 aromatic rings. The smallest absolute Gasteiger partial charge is 0.217 e. The summed E-state index contributed by atoms with van der Waals surface area (Å²) in [4.78, 5) is 13.3.